The Morgan fingerprint density at radius 1 is 1.10 bits per heavy atom. The molecule has 2 rings (SSSR count). The first-order chi connectivity index (χ1) is 10.1. The van der Waals surface area contributed by atoms with E-state index >= 15 is 0 Å². The zero-order valence-corrected chi connectivity index (χ0v) is 12.5. The van der Waals surface area contributed by atoms with Gasteiger partial charge in [0.2, 0.25) is 0 Å². The van der Waals surface area contributed by atoms with E-state index in [0.29, 0.717) is 12.2 Å². The SMILES string of the molecule is CCCN(C(=O)Nc1ccc(C)cc1)c1ccc(N)cc1. The lowest BCUT2D eigenvalue weighted by Gasteiger charge is -2.23. The minimum Gasteiger partial charge on any atom is -0.399 e. The third-order valence-corrected chi connectivity index (χ3v) is 3.20. The summed E-state index contributed by atoms with van der Waals surface area (Å²) in [4.78, 5) is 14.2. The highest BCUT2D eigenvalue weighted by Crippen LogP contribution is 2.18. The maximum Gasteiger partial charge on any atom is 0.326 e. The number of carbonyl (C=O) groups is 1. The zero-order chi connectivity index (χ0) is 15.2. The van der Waals surface area contributed by atoms with Crippen molar-refractivity contribution in [1.29, 1.82) is 0 Å². The van der Waals surface area contributed by atoms with Crippen LogP contribution in [0.15, 0.2) is 48.5 Å². The van der Waals surface area contributed by atoms with E-state index in [2.05, 4.69) is 5.32 Å². The Bertz CT molecular complexity index is 590. The number of urea groups is 1. The van der Waals surface area contributed by atoms with Crippen LogP contribution in [-0.4, -0.2) is 12.6 Å². The van der Waals surface area contributed by atoms with E-state index in [1.165, 1.54) is 0 Å². The van der Waals surface area contributed by atoms with Gasteiger partial charge in [0.25, 0.3) is 0 Å². The molecule has 21 heavy (non-hydrogen) atoms. The molecule has 4 heteroatoms. The van der Waals surface area contributed by atoms with Gasteiger partial charge in [0.15, 0.2) is 0 Å². The Morgan fingerprint density at radius 3 is 2.29 bits per heavy atom. The minimum atomic E-state index is -0.134. The van der Waals surface area contributed by atoms with Crippen LogP contribution >= 0.6 is 0 Å². The van der Waals surface area contributed by atoms with E-state index in [1.54, 1.807) is 17.0 Å². The van der Waals surface area contributed by atoms with Crippen molar-refractivity contribution in [2.75, 3.05) is 22.5 Å². The second kappa shape index (κ2) is 6.79. The van der Waals surface area contributed by atoms with Gasteiger partial charge in [-0.25, -0.2) is 4.79 Å². The Balaban J connectivity index is 2.15. The van der Waals surface area contributed by atoms with Crippen molar-refractivity contribution in [2.24, 2.45) is 0 Å². The molecule has 0 aliphatic rings. The van der Waals surface area contributed by atoms with Gasteiger partial charge in [0, 0.05) is 23.6 Å². The first kappa shape index (κ1) is 14.9. The summed E-state index contributed by atoms with van der Waals surface area (Å²) in [6.45, 7) is 4.72. The summed E-state index contributed by atoms with van der Waals surface area (Å²) < 4.78 is 0. The highest BCUT2D eigenvalue weighted by atomic mass is 16.2. The highest BCUT2D eigenvalue weighted by molar-refractivity contribution is 6.01. The molecule has 0 heterocycles. The predicted molar refractivity (Wildman–Crippen MR) is 88.7 cm³/mol. The lowest BCUT2D eigenvalue weighted by atomic mass is 10.2. The fourth-order valence-corrected chi connectivity index (χ4v) is 2.05. The number of nitrogens with two attached hydrogens (primary N) is 1. The van der Waals surface area contributed by atoms with E-state index < -0.39 is 0 Å². The molecule has 0 unspecified atom stereocenters. The third kappa shape index (κ3) is 3.99. The molecular formula is C17H21N3O. The summed E-state index contributed by atoms with van der Waals surface area (Å²) in [7, 11) is 0. The number of hydrogen-bond acceptors (Lipinski definition) is 2. The van der Waals surface area contributed by atoms with Crippen LogP contribution in [0, 0.1) is 6.92 Å². The molecule has 0 aliphatic heterocycles. The molecule has 2 aromatic rings. The summed E-state index contributed by atoms with van der Waals surface area (Å²) in [5.41, 5.74) is 9.19. The fraction of sp³-hybridized carbons (Fsp3) is 0.235. The number of carbonyl (C=O) groups excluding carboxylic acids is 1. The molecule has 0 aliphatic carbocycles. The van der Waals surface area contributed by atoms with Crippen LogP contribution in [-0.2, 0) is 0 Å². The number of aryl methyl sites for hydroxylation is 1. The largest absolute Gasteiger partial charge is 0.399 e. The van der Waals surface area contributed by atoms with Crippen LogP contribution in [0.1, 0.15) is 18.9 Å². The first-order valence-corrected chi connectivity index (χ1v) is 7.11. The molecule has 0 atom stereocenters. The Hall–Kier alpha value is -2.49. The minimum absolute atomic E-state index is 0.134. The maximum absolute atomic E-state index is 12.5. The summed E-state index contributed by atoms with van der Waals surface area (Å²) in [6, 6.07) is 14.9. The smallest absolute Gasteiger partial charge is 0.326 e. The Kier molecular flexibility index (Phi) is 4.82. The van der Waals surface area contributed by atoms with Crippen molar-refractivity contribution in [3.63, 3.8) is 0 Å². The highest BCUT2D eigenvalue weighted by Gasteiger charge is 2.14. The Morgan fingerprint density at radius 2 is 1.71 bits per heavy atom. The molecule has 0 bridgehead atoms. The second-order valence-corrected chi connectivity index (χ2v) is 5.04. The molecule has 0 aromatic heterocycles. The van der Waals surface area contributed by atoms with Gasteiger partial charge in [-0.3, -0.25) is 4.90 Å². The number of anilines is 3. The monoisotopic (exact) mass is 283 g/mol. The number of benzene rings is 2. The van der Waals surface area contributed by atoms with Crippen LogP contribution in [0.2, 0.25) is 0 Å². The van der Waals surface area contributed by atoms with Gasteiger partial charge in [-0.05, 0) is 49.7 Å². The van der Waals surface area contributed by atoms with Crippen LogP contribution in [0.3, 0.4) is 0 Å². The van der Waals surface area contributed by atoms with E-state index in [1.807, 2.05) is 50.2 Å². The lowest BCUT2D eigenvalue weighted by molar-refractivity contribution is 0.257. The van der Waals surface area contributed by atoms with Crippen LogP contribution in [0.5, 0.6) is 0 Å². The summed E-state index contributed by atoms with van der Waals surface area (Å²) >= 11 is 0. The molecule has 2 amide bonds. The number of nitrogen functional groups attached to an aromatic ring is 1. The standard InChI is InChI=1S/C17H21N3O/c1-3-12-20(16-10-6-14(18)7-11-16)17(21)19-15-8-4-13(2)5-9-15/h4-11H,3,12,18H2,1-2H3,(H,19,21). The quantitative estimate of drug-likeness (QED) is 0.832. The number of hydrogen-bond donors (Lipinski definition) is 2. The van der Waals surface area contributed by atoms with Gasteiger partial charge < -0.3 is 11.1 Å². The molecule has 0 radical (unpaired) electrons. The summed E-state index contributed by atoms with van der Waals surface area (Å²) in [6.07, 6.45) is 0.881. The van der Waals surface area contributed by atoms with E-state index in [0.717, 1.165) is 23.4 Å². The number of nitrogens with one attached hydrogen (secondary N) is 1. The van der Waals surface area contributed by atoms with Gasteiger partial charge in [0.05, 0.1) is 0 Å². The van der Waals surface area contributed by atoms with Gasteiger partial charge in [-0.1, -0.05) is 24.6 Å². The molecule has 3 N–H and O–H groups in total. The molecule has 110 valence electrons. The van der Waals surface area contributed by atoms with Gasteiger partial charge in [-0.2, -0.15) is 0 Å². The topological polar surface area (TPSA) is 58.4 Å². The van der Waals surface area contributed by atoms with Gasteiger partial charge in [-0.15, -0.1) is 0 Å². The van der Waals surface area contributed by atoms with E-state index in [4.69, 9.17) is 5.73 Å². The molecule has 0 saturated heterocycles. The molecular weight excluding hydrogens is 262 g/mol. The first-order valence-electron chi connectivity index (χ1n) is 7.11. The molecule has 2 aromatic carbocycles. The van der Waals surface area contributed by atoms with Crippen molar-refractivity contribution >= 4 is 23.1 Å². The van der Waals surface area contributed by atoms with Crippen molar-refractivity contribution in [2.45, 2.75) is 20.3 Å². The molecule has 0 spiro atoms. The summed E-state index contributed by atoms with van der Waals surface area (Å²) in [5.74, 6) is 0. The Labute approximate surface area is 125 Å². The normalized spacial score (nSPS) is 10.2. The van der Waals surface area contributed by atoms with Crippen molar-refractivity contribution in [1.82, 2.24) is 0 Å². The average molecular weight is 283 g/mol. The number of amides is 2. The number of rotatable bonds is 4. The zero-order valence-electron chi connectivity index (χ0n) is 12.5. The third-order valence-electron chi connectivity index (χ3n) is 3.20. The van der Waals surface area contributed by atoms with Crippen molar-refractivity contribution in [3.05, 3.63) is 54.1 Å². The number of nitrogens with zero attached hydrogens (tertiary/aromatic N) is 1. The predicted octanol–water partition coefficient (Wildman–Crippen LogP) is 4.03. The van der Waals surface area contributed by atoms with Crippen LogP contribution in [0.4, 0.5) is 21.9 Å². The van der Waals surface area contributed by atoms with Crippen molar-refractivity contribution < 1.29 is 4.79 Å². The molecule has 0 saturated carbocycles. The van der Waals surface area contributed by atoms with E-state index in [9.17, 15) is 4.79 Å². The van der Waals surface area contributed by atoms with Crippen LogP contribution in [0.25, 0.3) is 0 Å². The molecule has 0 fully saturated rings. The van der Waals surface area contributed by atoms with E-state index in [-0.39, 0.29) is 6.03 Å². The fourth-order valence-electron chi connectivity index (χ4n) is 2.05. The van der Waals surface area contributed by atoms with Gasteiger partial charge in [0.1, 0.15) is 0 Å². The van der Waals surface area contributed by atoms with Gasteiger partial charge >= 0.3 is 6.03 Å². The maximum atomic E-state index is 12.5. The lowest BCUT2D eigenvalue weighted by Crippen LogP contribution is -2.35. The second-order valence-electron chi connectivity index (χ2n) is 5.04. The average Bonchev–Trinajstić information content (AvgIpc) is 2.48. The van der Waals surface area contributed by atoms with Crippen LogP contribution < -0.4 is 16.0 Å². The molecule has 4 nitrogen and oxygen atoms in total. The van der Waals surface area contributed by atoms with Crippen molar-refractivity contribution in [3.8, 4) is 0 Å². The summed E-state index contributed by atoms with van der Waals surface area (Å²) in [5, 5.41) is 2.92.